The molecule has 0 saturated heterocycles. The molecule has 0 radical (unpaired) electrons. The van der Waals surface area contributed by atoms with Crippen LogP contribution in [0.2, 0.25) is 10.0 Å². The Morgan fingerprint density at radius 1 is 1.14 bits per heavy atom. The van der Waals surface area contributed by atoms with Gasteiger partial charge in [0.25, 0.3) is 5.91 Å². The smallest absolute Gasteiger partial charge is 0.257 e. The Balaban J connectivity index is 2.12. The van der Waals surface area contributed by atoms with E-state index in [1.54, 1.807) is 24.3 Å². The highest BCUT2D eigenvalue weighted by Gasteiger charge is 2.11. The number of carbonyl (C=O) groups is 1. The van der Waals surface area contributed by atoms with Gasteiger partial charge in [-0.25, -0.2) is 0 Å². The van der Waals surface area contributed by atoms with E-state index >= 15 is 0 Å². The van der Waals surface area contributed by atoms with Crippen molar-refractivity contribution in [2.24, 2.45) is 5.73 Å². The number of thiocarbonyl (C=S) groups is 1. The summed E-state index contributed by atoms with van der Waals surface area (Å²) in [5.41, 5.74) is 7.46. The average Bonchev–Trinajstić information content (AvgIpc) is 2.43. The summed E-state index contributed by atoms with van der Waals surface area (Å²) in [7, 11) is 0. The zero-order valence-corrected chi connectivity index (χ0v) is 13.2. The van der Waals surface area contributed by atoms with Gasteiger partial charge >= 0.3 is 0 Å². The molecule has 108 valence electrons. The molecule has 2 rings (SSSR count). The van der Waals surface area contributed by atoms with Crippen LogP contribution < -0.4 is 11.1 Å². The maximum atomic E-state index is 12.2. The van der Waals surface area contributed by atoms with Crippen LogP contribution >= 0.6 is 35.4 Å². The van der Waals surface area contributed by atoms with Crippen LogP contribution in [0, 0.1) is 0 Å². The number of halogens is 2. The van der Waals surface area contributed by atoms with E-state index < -0.39 is 0 Å². The van der Waals surface area contributed by atoms with Gasteiger partial charge in [0.1, 0.15) is 0 Å². The van der Waals surface area contributed by atoms with Gasteiger partial charge in [-0.2, -0.15) is 0 Å². The lowest BCUT2D eigenvalue weighted by Crippen LogP contribution is -2.13. The van der Waals surface area contributed by atoms with Crippen molar-refractivity contribution in [2.75, 3.05) is 5.32 Å². The van der Waals surface area contributed by atoms with E-state index in [0.717, 1.165) is 5.56 Å². The van der Waals surface area contributed by atoms with Crippen molar-refractivity contribution < 1.29 is 4.79 Å². The summed E-state index contributed by atoms with van der Waals surface area (Å²) in [4.78, 5) is 12.6. The van der Waals surface area contributed by atoms with E-state index in [0.29, 0.717) is 32.7 Å². The number of carbonyl (C=O) groups excluding carboxylic acids is 1. The van der Waals surface area contributed by atoms with Gasteiger partial charge in [0, 0.05) is 17.1 Å². The number of nitrogens with two attached hydrogens (primary N) is 1. The van der Waals surface area contributed by atoms with Crippen LogP contribution in [0.25, 0.3) is 0 Å². The maximum Gasteiger partial charge on any atom is 0.257 e. The van der Waals surface area contributed by atoms with E-state index in [4.69, 9.17) is 41.2 Å². The van der Waals surface area contributed by atoms with E-state index in [2.05, 4.69) is 5.32 Å². The van der Waals surface area contributed by atoms with Crippen LogP contribution in [0.4, 0.5) is 5.69 Å². The summed E-state index contributed by atoms with van der Waals surface area (Å²) in [6.45, 7) is 0. The molecular formula is C15H12Cl2N2OS. The van der Waals surface area contributed by atoms with Gasteiger partial charge in [0.2, 0.25) is 0 Å². The molecule has 0 spiro atoms. The Morgan fingerprint density at radius 2 is 1.81 bits per heavy atom. The molecule has 0 aliphatic rings. The van der Waals surface area contributed by atoms with Crippen LogP contribution in [0.15, 0.2) is 42.5 Å². The highest BCUT2D eigenvalue weighted by atomic mass is 35.5. The molecular weight excluding hydrogens is 327 g/mol. The van der Waals surface area contributed by atoms with Crippen molar-refractivity contribution in [3.8, 4) is 0 Å². The SMILES string of the molecule is NC(=S)Cc1ccc(NC(=O)c2cc(Cl)ccc2Cl)cc1. The van der Waals surface area contributed by atoms with Gasteiger partial charge in [-0.15, -0.1) is 0 Å². The molecule has 0 heterocycles. The maximum absolute atomic E-state index is 12.2. The quantitative estimate of drug-likeness (QED) is 0.826. The standard InChI is InChI=1S/C15H12Cl2N2OS/c16-10-3-6-13(17)12(8-10)15(20)19-11-4-1-9(2-5-11)7-14(18)21/h1-6,8H,7H2,(H2,18,21)(H,19,20). The van der Waals surface area contributed by atoms with E-state index in [1.807, 2.05) is 12.1 Å². The highest BCUT2D eigenvalue weighted by Crippen LogP contribution is 2.22. The molecule has 0 bridgehead atoms. The normalized spacial score (nSPS) is 10.2. The zero-order chi connectivity index (χ0) is 15.4. The van der Waals surface area contributed by atoms with Crippen molar-refractivity contribution in [1.29, 1.82) is 0 Å². The molecule has 0 unspecified atom stereocenters. The molecule has 1 amide bonds. The van der Waals surface area contributed by atoms with Crippen molar-refractivity contribution in [3.05, 3.63) is 63.6 Å². The highest BCUT2D eigenvalue weighted by molar-refractivity contribution is 7.80. The lowest BCUT2D eigenvalue weighted by atomic mass is 10.1. The molecule has 3 nitrogen and oxygen atoms in total. The second kappa shape index (κ2) is 6.89. The lowest BCUT2D eigenvalue weighted by Gasteiger charge is -2.08. The monoisotopic (exact) mass is 338 g/mol. The predicted molar refractivity (Wildman–Crippen MR) is 91.3 cm³/mol. The van der Waals surface area contributed by atoms with Gasteiger partial charge in [-0.05, 0) is 35.9 Å². The van der Waals surface area contributed by atoms with Crippen LogP contribution in [-0.2, 0) is 6.42 Å². The molecule has 0 aliphatic carbocycles. The third kappa shape index (κ3) is 4.43. The topological polar surface area (TPSA) is 55.1 Å². The first kappa shape index (κ1) is 15.8. The number of hydrogen-bond donors (Lipinski definition) is 2. The molecule has 0 saturated carbocycles. The summed E-state index contributed by atoms with van der Waals surface area (Å²) >= 11 is 16.7. The van der Waals surface area contributed by atoms with Crippen molar-refractivity contribution in [1.82, 2.24) is 0 Å². The summed E-state index contributed by atoms with van der Waals surface area (Å²) in [5.74, 6) is -0.315. The number of amides is 1. The number of benzene rings is 2. The van der Waals surface area contributed by atoms with E-state index in [-0.39, 0.29) is 5.91 Å². The van der Waals surface area contributed by atoms with Crippen LogP contribution in [-0.4, -0.2) is 10.9 Å². The van der Waals surface area contributed by atoms with Crippen molar-refractivity contribution >= 4 is 52.0 Å². The Morgan fingerprint density at radius 3 is 2.43 bits per heavy atom. The summed E-state index contributed by atoms with van der Waals surface area (Å²) in [6.07, 6.45) is 0.531. The fraction of sp³-hybridized carbons (Fsp3) is 0.0667. The fourth-order valence-corrected chi connectivity index (χ4v) is 2.32. The lowest BCUT2D eigenvalue weighted by molar-refractivity contribution is 0.102. The largest absolute Gasteiger partial charge is 0.393 e. The summed E-state index contributed by atoms with van der Waals surface area (Å²) in [6, 6.07) is 12.0. The zero-order valence-electron chi connectivity index (χ0n) is 10.9. The van der Waals surface area contributed by atoms with Crippen molar-refractivity contribution in [2.45, 2.75) is 6.42 Å². The predicted octanol–water partition coefficient (Wildman–Crippen LogP) is 4.07. The Labute approximate surface area is 138 Å². The van der Waals surface area contributed by atoms with Crippen LogP contribution in [0.5, 0.6) is 0 Å². The number of hydrogen-bond acceptors (Lipinski definition) is 2. The molecule has 0 atom stereocenters. The molecule has 0 aliphatic heterocycles. The second-order valence-electron chi connectivity index (χ2n) is 4.42. The van der Waals surface area contributed by atoms with Gasteiger partial charge in [-0.3, -0.25) is 4.79 Å². The molecule has 2 aromatic carbocycles. The van der Waals surface area contributed by atoms with Gasteiger partial charge in [0.05, 0.1) is 15.6 Å². The second-order valence-corrected chi connectivity index (χ2v) is 5.79. The summed E-state index contributed by atoms with van der Waals surface area (Å²) < 4.78 is 0. The minimum atomic E-state index is -0.315. The number of nitrogens with one attached hydrogen (secondary N) is 1. The third-order valence-corrected chi connectivity index (χ3v) is 3.47. The minimum Gasteiger partial charge on any atom is -0.393 e. The van der Waals surface area contributed by atoms with Gasteiger partial charge in [0.15, 0.2) is 0 Å². The molecule has 6 heteroatoms. The third-order valence-electron chi connectivity index (χ3n) is 2.76. The van der Waals surface area contributed by atoms with E-state index in [1.165, 1.54) is 6.07 Å². The Hall–Kier alpha value is -1.62. The number of rotatable bonds is 4. The molecule has 2 aromatic rings. The fourth-order valence-electron chi connectivity index (χ4n) is 1.78. The first-order valence-corrected chi connectivity index (χ1v) is 7.26. The average molecular weight is 339 g/mol. The van der Waals surface area contributed by atoms with Gasteiger partial charge in [-0.1, -0.05) is 47.6 Å². The van der Waals surface area contributed by atoms with E-state index in [9.17, 15) is 4.79 Å². The first-order chi connectivity index (χ1) is 9.95. The molecule has 21 heavy (non-hydrogen) atoms. The van der Waals surface area contributed by atoms with Gasteiger partial charge < -0.3 is 11.1 Å². The number of anilines is 1. The van der Waals surface area contributed by atoms with Crippen LogP contribution in [0.3, 0.4) is 0 Å². The minimum absolute atomic E-state index is 0.315. The van der Waals surface area contributed by atoms with Crippen LogP contribution in [0.1, 0.15) is 15.9 Å². The first-order valence-electron chi connectivity index (χ1n) is 6.09. The summed E-state index contributed by atoms with van der Waals surface area (Å²) in [5, 5.41) is 3.56. The molecule has 3 N–H and O–H groups in total. The molecule has 0 fully saturated rings. The molecule has 0 aromatic heterocycles. The van der Waals surface area contributed by atoms with Crippen molar-refractivity contribution in [3.63, 3.8) is 0 Å². The Bertz CT molecular complexity index is 687. The Kier molecular flexibility index (Phi) is 5.17.